The van der Waals surface area contributed by atoms with Gasteiger partial charge in [-0.25, -0.2) is 4.79 Å². The average Bonchev–Trinajstić information content (AvgIpc) is 2.73. The Morgan fingerprint density at radius 2 is 1.66 bits per heavy atom. The molecule has 0 aliphatic rings. The van der Waals surface area contributed by atoms with E-state index in [0.717, 1.165) is 11.1 Å². The van der Waals surface area contributed by atoms with Crippen LogP contribution in [0.4, 0.5) is 4.79 Å². The Kier molecular flexibility index (Phi) is 8.20. The van der Waals surface area contributed by atoms with Crippen LogP contribution in [0.25, 0.3) is 4.98 Å². The van der Waals surface area contributed by atoms with Gasteiger partial charge in [-0.15, -0.1) is 0 Å². The van der Waals surface area contributed by atoms with E-state index in [1.165, 1.54) is 6.92 Å². The third-order valence-electron chi connectivity index (χ3n) is 4.07. The second kappa shape index (κ2) is 11.1. The fraction of sp³-hybridized carbons (Fsp3) is 0.238. The Balaban J connectivity index is 2.03. The molecule has 2 amide bonds. The second-order valence-electron chi connectivity index (χ2n) is 6.33. The molecule has 29 heavy (non-hydrogen) atoms. The number of hydrogen-bond donors (Lipinski definition) is 2. The highest BCUT2D eigenvalue weighted by atomic mass is 16.5. The van der Waals surface area contributed by atoms with Crippen molar-refractivity contribution in [2.75, 3.05) is 0 Å². The lowest BCUT2D eigenvalue weighted by Gasteiger charge is -2.23. The first kappa shape index (κ1) is 21.4. The molecular weight excluding hydrogens is 372 g/mol. The van der Waals surface area contributed by atoms with E-state index in [1.54, 1.807) is 0 Å². The van der Waals surface area contributed by atoms with Gasteiger partial charge in [-0.1, -0.05) is 60.7 Å². The zero-order valence-corrected chi connectivity index (χ0v) is 15.9. The molecule has 8 heteroatoms. The molecule has 0 aliphatic carbocycles. The molecule has 0 radical (unpaired) electrons. The van der Waals surface area contributed by atoms with Crippen molar-refractivity contribution in [1.82, 2.24) is 10.6 Å². The molecule has 8 nitrogen and oxygen atoms in total. The largest absolute Gasteiger partial charge is 0.869 e. The van der Waals surface area contributed by atoms with Crippen molar-refractivity contribution < 1.29 is 19.4 Å². The van der Waals surface area contributed by atoms with Gasteiger partial charge in [-0.2, -0.15) is 0 Å². The average molecular weight is 394 g/mol. The van der Waals surface area contributed by atoms with Crippen LogP contribution < -0.4 is 15.7 Å². The first-order valence-corrected chi connectivity index (χ1v) is 9.02. The molecule has 2 rings (SSSR count). The van der Waals surface area contributed by atoms with Crippen LogP contribution >= 0.6 is 0 Å². The summed E-state index contributed by atoms with van der Waals surface area (Å²) in [5.41, 5.74) is 1.64. The second-order valence-corrected chi connectivity index (χ2v) is 6.33. The maximum Gasteiger partial charge on any atom is 0.408 e. The maximum absolute atomic E-state index is 12.6. The van der Waals surface area contributed by atoms with E-state index in [-0.39, 0.29) is 13.0 Å². The van der Waals surface area contributed by atoms with E-state index in [9.17, 15) is 14.7 Å². The highest BCUT2D eigenvalue weighted by Crippen LogP contribution is 2.06. The summed E-state index contributed by atoms with van der Waals surface area (Å²) in [6, 6.07) is 16.4. The first-order valence-electron chi connectivity index (χ1n) is 9.02. The number of benzene rings is 2. The molecule has 0 spiro atoms. The van der Waals surface area contributed by atoms with Gasteiger partial charge < -0.3 is 20.5 Å². The molecule has 2 aromatic rings. The van der Waals surface area contributed by atoms with Gasteiger partial charge >= 0.3 is 12.3 Å². The van der Waals surface area contributed by atoms with Crippen LogP contribution in [0.1, 0.15) is 18.1 Å². The van der Waals surface area contributed by atoms with Crippen molar-refractivity contribution in [2.24, 2.45) is 0 Å². The lowest BCUT2D eigenvalue weighted by atomic mass is 10.0. The van der Waals surface area contributed by atoms with Gasteiger partial charge in [0.25, 0.3) is 0 Å². The van der Waals surface area contributed by atoms with Crippen LogP contribution in [0.15, 0.2) is 72.6 Å². The van der Waals surface area contributed by atoms with E-state index >= 15 is 0 Å². The van der Waals surface area contributed by atoms with Gasteiger partial charge in [0, 0.05) is 12.5 Å². The highest BCUT2D eigenvalue weighted by Gasteiger charge is 2.23. The quantitative estimate of drug-likeness (QED) is 0.525. The summed E-state index contributed by atoms with van der Waals surface area (Å²) in [6.45, 7) is 1.52. The fourth-order valence-corrected chi connectivity index (χ4v) is 2.52. The summed E-state index contributed by atoms with van der Waals surface area (Å²) in [7, 11) is 0. The van der Waals surface area contributed by atoms with Crippen molar-refractivity contribution in [1.29, 1.82) is 5.39 Å². The van der Waals surface area contributed by atoms with Crippen LogP contribution in [-0.2, 0) is 22.6 Å². The molecule has 0 unspecified atom stereocenters. The predicted octanol–water partition coefficient (Wildman–Crippen LogP) is 2.08. The first-order chi connectivity index (χ1) is 14.0. The molecule has 2 aromatic carbocycles. The minimum atomic E-state index is -0.956. The van der Waals surface area contributed by atoms with Gasteiger partial charge in [0.05, 0.1) is 0 Å². The molecule has 0 bridgehead atoms. The molecule has 150 valence electrons. The predicted molar refractivity (Wildman–Crippen MR) is 104 cm³/mol. The minimum Gasteiger partial charge on any atom is -0.869 e. The van der Waals surface area contributed by atoms with Crippen LogP contribution in [-0.4, -0.2) is 24.1 Å². The summed E-state index contributed by atoms with van der Waals surface area (Å²) < 4.78 is 5.19. The number of diazo groups is 1. The number of rotatable bonds is 8. The standard InChI is InChI=1S/C21H22N4O4/c1-15(19(26)13-23-22)24-20(27)18(12-16-8-4-2-5-9-16)25-21(28)29-14-17-10-6-3-7-11-17/h2-11,13,15,18H,12,14H2,1H3,(H2-,24,25,26,27,28)/b19-13-/t15-,18-/m0/s1. The number of amides is 2. The third kappa shape index (κ3) is 7.34. The molecule has 2 N–H and O–H groups in total. The maximum atomic E-state index is 12.6. The molecule has 0 saturated carbocycles. The van der Waals surface area contributed by atoms with Crippen LogP contribution in [0.2, 0.25) is 0 Å². The van der Waals surface area contributed by atoms with E-state index in [0.29, 0.717) is 6.20 Å². The van der Waals surface area contributed by atoms with Gasteiger partial charge in [0.2, 0.25) is 11.3 Å². The lowest BCUT2D eigenvalue weighted by Crippen LogP contribution is -2.51. The Morgan fingerprint density at radius 3 is 2.24 bits per heavy atom. The SMILES string of the molecule is C[C@H](NC(=O)[C@H](Cc1ccccc1)NC(=O)OCc1ccccc1)/C([O-])=C/[N+]#N. The van der Waals surface area contributed by atoms with Crippen LogP contribution in [0, 0.1) is 5.39 Å². The highest BCUT2D eigenvalue weighted by molar-refractivity contribution is 5.86. The van der Waals surface area contributed by atoms with Gasteiger partial charge in [-0.05, 0) is 23.8 Å². The smallest absolute Gasteiger partial charge is 0.408 e. The minimum absolute atomic E-state index is 0.0637. The van der Waals surface area contributed by atoms with Crippen LogP contribution in [0.3, 0.4) is 0 Å². The lowest BCUT2D eigenvalue weighted by molar-refractivity contribution is -0.309. The van der Waals surface area contributed by atoms with Crippen molar-refractivity contribution in [2.45, 2.75) is 32.0 Å². The molecular formula is C21H22N4O4. The summed E-state index contributed by atoms with van der Waals surface area (Å²) in [4.78, 5) is 27.5. The number of hydrogen-bond acceptors (Lipinski definition) is 5. The number of nitrogens with zero attached hydrogens (tertiary/aromatic N) is 2. The zero-order chi connectivity index (χ0) is 21.1. The number of carbonyl (C=O) groups excluding carboxylic acids is 2. The van der Waals surface area contributed by atoms with Gasteiger partial charge in [-0.3, -0.25) is 4.79 Å². The number of ether oxygens (including phenoxy) is 1. The summed E-state index contributed by atoms with van der Waals surface area (Å²) in [6.07, 6.45) is 0.168. The van der Waals surface area contributed by atoms with Crippen molar-refractivity contribution in [3.05, 3.63) is 88.7 Å². The van der Waals surface area contributed by atoms with E-state index in [2.05, 4.69) is 15.6 Å². The van der Waals surface area contributed by atoms with Gasteiger partial charge in [0.1, 0.15) is 12.6 Å². The molecule has 0 aliphatic heterocycles. The van der Waals surface area contributed by atoms with E-state index in [4.69, 9.17) is 10.1 Å². The molecule has 0 aromatic heterocycles. The molecule has 2 atom stereocenters. The monoisotopic (exact) mass is 394 g/mol. The van der Waals surface area contributed by atoms with Gasteiger partial charge in [0.15, 0.2) is 4.98 Å². The van der Waals surface area contributed by atoms with E-state index in [1.807, 2.05) is 60.7 Å². The normalized spacial score (nSPS) is 12.9. The fourth-order valence-electron chi connectivity index (χ4n) is 2.52. The molecule has 0 saturated heterocycles. The Hall–Kier alpha value is -3.86. The van der Waals surface area contributed by atoms with E-state index < -0.39 is 29.8 Å². The summed E-state index contributed by atoms with van der Waals surface area (Å²) in [5, 5.41) is 25.2. The van der Waals surface area contributed by atoms with Crippen molar-refractivity contribution in [3.8, 4) is 0 Å². The third-order valence-corrected chi connectivity index (χ3v) is 4.07. The number of carbonyl (C=O) groups is 2. The Labute approximate surface area is 168 Å². The number of alkyl carbamates (subject to hydrolysis) is 1. The van der Waals surface area contributed by atoms with Crippen LogP contribution in [0.5, 0.6) is 0 Å². The van der Waals surface area contributed by atoms with Crippen molar-refractivity contribution in [3.63, 3.8) is 0 Å². The Morgan fingerprint density at radius 1 is 1.07 bits per heavy atom. The summed E-state index contributed by atoms with van der Waals surface area (Å²) >= 11 is 0. The molecule has 0 heterocycles. The Bertz CT molecular complexity index is 879. The van der Waals surface area contributed by atoms with Crippen molar-refractivity contribution >= 4 is 12.0 Å². The number of nitrogens with one attached hydrogen (secondary N) is 2. The molecule has 0 fully saturated rings. The summed E-state index contributed by atoms with van der Waals surface area (Å²) in [5.74, 6) is -1.14. The zero-order valence-electron chi connectivity index (χ0n) is 15.9. The topological polar surface area (TPSA) is 119 Å².